The highest BCUT2D eigenvalue weighted by Crippen LogP contribution is 2.32. The van der Waals surface area contributed by atoms with Crippen LogP contribution < -0.4 is 5.32 Å². The maximum Gasteiger partial charge on any atom is 0.419 e. The molecule has 1 aromatic carbocycles. The summed E-state index contributed by atoms with van der Waals surface area (Å²) in [5.74, 6) is -1.25. The highest BCUT2D eigenvalue weighted by Gasteiger charge is 2.34. The second-order valence-electron chi connectivity index (χ2n) is 4.06. The zero-order valence-corrected chi connectivity index (χ0v) is 10.9. The standard InChI is InChI=1S/C13H17F4NO/c1-3-19-7-6-12(18-2)9-4-5-10(11(14)8-9)13(15,16)17/h4-5,8,12,18H,3,6-7H2,1-2H3. The van der Waals surface area contributed by atoms with Gasteiger partial charge in [0.05, 0.1) is 5.56 Å². The van der Waals surface area contributed by atoms with Crippen LogP contribution in [0.15, 0.2) is 18.2 Å². The first-order chi connectivity index (χ1) is 8.90. The fourth-order valence-corrected chi connectivity index (χ4v) is 1.80. The number of hydrogen-bond acceptors (Lipinski definition) is 2. The number of benzene rings is 1. The van der Waals surface area contributed by atoms with Gasteiger partial charge in [0.15, 0.2) is 0 Å². The Kier molecular flexibility index (Phi) is 5.75. The van der Waals surface area contributed by atoms with E-state index in [1.165, 1.54) is 6.07 Å². The van der Waals surface area contributed by atoms with Crippen LogP contribution in [-0.2, 0) is 10.9 Å². The Morgan fingerprint density at radius 3 is 2.47 bits per heavy atom. The van der Waals surface area contributed by atoms with Crippen LogP contribution in [0.5, 0.6) is 0 Å². The van der Waals surface area contributed by atoms with Crippen LogP contribution in [0.3, 0.4) is 0 Å². The van der Waals surface area contributed by atoms with Gasteiger partial charge in [-0.3, -0.25) is 0 Å². The lowest BCUT2D eigenvalue weighted by atomic mass is 10.0. The Balaban J connectivity index is 2.86. The first kappa shape index (κ1) is 15.9. The molecule has 0 amide bonds. The minimum absolute atomic E-state index is 0.233. The van der Waals surface area contributed by atoms with E-state index < -0.39 is 17.6 Å². The van der Waals surface area contributed by atoms with E-state index in [-0.39, 0.29) is 6.04 Å². The average Bonchev–Trinajstić information content (AvgIpc) is 2.33. The summed E-state index contributed by atoms with van der Waals surface area (Å²) < 4.78 is 55.9. The van der Waals surface area contributed by atoms with Crippen LogP contribution in [-0.4, -0.2) is 20.3 Å². The summed E-state index contributed by atoms with van der Waals surface area (Å²) in [5.41, 5.74) is -0.761. The van der Waals surface area contributed by atoms with E-state index in [1.807, 2.05) is 6.92 Å². The molecule has 1 atom stereocenters. The van der Waals surface area contributed by atoms with Crippen LogP contribution in [0.25, 0.3) is 0 Å². The fraction of sp³-hybridized carbons (Fsp3) is 0.538. The van der Waals surface area contributed by atoms with Crippen molar-refractivity contribution in [1.29, 1.82) is 0 Å². The third-order valence-electron chi connectivity index (χ3n) is 2.80. The topological polar surface area (TPSA) is 21.3 Å². The molecular weight excluding hydrogens is 262 g/mol. The number of ether oxygens (including phenoxy) is 1. The highest BCUT2D eigenvalue weighted by atomic mass is 19.4. The van der Waals surface area contributed by atoms with Gasteiger partial charge in [0, 0.05) is 19.3 Å². The van der Waals surface area contributed by atoms with Gasteiger partial charge in [-0.1, -0.05) is 6.07 Å². The Hall–Kier alpha value is -1.14. The molecule has 6 heteroatoms. The molecule has 19 heavy (non-hydrogen) atoms. The number of hydrogen-bond donors (Lipinski definition) is 1. The normalized spacial score (nSPS) is 13.6. The predicted molar refractivity (Wildman–Crippen MR) is 64.3 cm³/mol. The van der Waals surface area contributed by atoms with Crippen molar-refractivity contribution in [3.8, 4) is 0 Å². The molecule has 0 spiro atoms. The molecule has 0 bridgehead atoms. The van der Waals surface area contributed by atoms with E-state index in [0.717, 1.165) is 12.1 Å². The van der Waals surface area contributed by atoms with E-state index in [9.17, 15) is 17.6 Å². The molecule has 1 rings (SSSR count). The van der Waals surface area contributed by atoms with Crippen molar-refractivity contribution < 1.29 is 22.3 Å². The van der Waals surface area contributed by atoms with Crippen molar-refractivity contribution in [1.82, 2.24) is 5.32 Å². The lowest BCUT2D eigenvalue weighted by Gasteiger charge is -2.18. The quantitative estimate of drug-likeness (QED) is 0.635. The van der Waals surface area contributed by atoms with Gasteiger partial charge in [0.2, 0.25) is 0 Å². The molecule has 0 saturated heterocycles. The van der Waals surface area contributed by atoms with Crippen molar-refractivity contribution in [2.24, 2.45) is 0 Å². The number of alkyl halides is 3. The van der Waals surface area contributed by atoms with Gasteiger partial charge in [-0.2, -0.15) is 13.2 Å². The lowest BCUT2D eigenvalue weighted by Crippen LogP contribution is -2.19. The van der Waals surface area contributed by atoms with Crippen LogP contribution in [0.4, 0.5) is 17.6 Å². The SMILES string of the molecule is CCOCCC(NC)c1ccc(C(F)(F)F)c(F)c1. The molecule has 0 heterocycles. The van der Waals surface area contributed by atoms with Gasteiger partial charge >= 0.3 is 6.18 Å². The second-order valence-corrected chi connectivity index (χ2v) is 4.06. The van der Waals surface area contributed by atoms with Crippen LogP contribution >= 0.6 is 0 Å². The molecule has 0 saturated carbocycles. The van der Waals surface area contributed by atoms with Gasteiger partial charge in [-0.25, -0.2) is 4.39 Å². The molecule has 0 aliphatic heterocycles. The first-order valence-electron chi connectivity index (χ1n) is 6.01. The number of rotatable bonds is 6. The summed E-state index contributed by atoms with van der Waals surface area (Å²) in [4.78, 5) is 0. The maximum atomic E-state index is 13.5. The van der Waals surface area contributed by atoms with Crippen LogP contribution in [0.2, 0.25) is 0 Å². The van der Waals surface area contributed by atoms with Gasteiger partial charge in [0.1, 0.15) is 5.82 Å². The second kappa shape index (κ2) is 6.86. The van der Waals surface area contributed by atoms with Crippen molar-refractivity contribution in [3.05, 3.63) is 35.1 Å². The average molecular weight is 279 g/mol. The summed E-state index contributed by atoms with van der Waals surface area (Å²) in [6.07, 6.45) is -4.10. The first-order valence-corrected chi connectivity index (χ1v) is 6.01. The van der Waals surface area contributed by atoms with Crippen molar-refractivity contribution in [2.75, 3.05) is 20.3 Å². The predicted octanol–water partition coefficient (Wildman–Crippen LogP) is 3.53. The third-order valence-corrected chi connectivity index (χ3v) is 2.80. The van der Waals surface area contributed by atoms with E-state index in [4.69, 9.17) is 4.74 Å². The van der Waals surface area contributed by atoms with Crippen LogP contribution in [0.1, 0.15) is 30.5 Å². The highest BCUT2D eigenvalue weighted by molar-refractivity contribution is 5.28. The number of halogens is 4. The molecule has 108 valence electrons. The largest absolute Gasteiger partial charge is 0.419 e. The van der Waals surface area contributed by atoms with Crippen molar-refractivity contribution in [2.45, 2.75) is 25.6 Å². The van der Waals surface area contributed by atoms with Crippen molar-refractivity contribution >= 4 is 0 Å². The maximum absolute atomic E-state index is 13.5. The summed E-state index contributed by atoms with van der Waals surface area (Å²) in [5, 5.41) is 2.93. The van der Waals surface area contributed by atoms with E-state index >= 15 is 0 Å². The van der Waals surface area contributed by atoms with Crippen molar-refractivity contribution in [3.63, 3.8) is 0 Å². The molecule has 0 radical (unpaired) electrons. The number of nitrogens with one attached hydrogen (secondary N) is 1. The molecule has 1 unspecified atom stereocenters. The van der Waals surface area contributed by atoms with Crippen LogP contribution in [0, 0.1) is 5.82 Å². The van der Waals surface area contributed by atoms with Gasteiger partial charge in [-0.05, 0) is 38.1 Å². The Labute approximate surface area is 109 Å². The van der Waals surface area contributed by atoms with Gasteiger partial charge in [0.25, 0.3) is 0 Å². The summed E-state index contributed by atoms with van der Waals surface area (Å²) in [7, 11) is 1.67. The Bertz CT molecular complexity index is 406. The third kappa shape index (κ3) is 4.47. The zero-order valence-electron chi connectivity index (χ0n) is 10.9. The molecular formula is C13H17F4NO. The molecule has 1 aromatic rings. The minimum Gasteiger partial charge on any atom is -0.382 e. The summed E-state index contributed by atoms with van der Waals surface area (Å²) in [6, 6.07) is 2.76. The summed E-state index contributed by atoms with van der Waals surface area (Å²) >= 11 is 0. The Morgan fingerprint density at radius 1 is 1.32 bits per heavy atom. The molecule has 0 fully saturated rings. The molecule has 1 N–H and O–H groups in total. The molecule has 2 nitrogen and oxygen atoms in total. The summed E-state index contributed by atoms with van der Waals surface area (Å²) in [6.45, 7) is 2.88. The zero-order chi connectivity index (χ0) is 14.5. The van der Waals surface area contributed by atoms with Gasteiger partial charge in [-0.15, -0.1) is 0 Å². The van der Waals surface area contributed by atoms with Gasteiger partial charge < -0.3 is 10.1 Å². The molecule has 0 aliphatic rings. The lowest BCUT2D eigenvalue weighted by molar-refractivity contribution is -0.140. The smallest absolute Gasteiger partial charge is 0.382 e. The fourth-order valence-electron chi connectivity index (χ4n) is 1.80. The van der Waals surface area contributed by atoms with E-state index in [2.05, 4.69) is 5.32 Å². The van der Waals surface area contributed by atoms with E-state index in [1.54, 1.807) is 7.05 Å². The minimum atomic E-state index is -4.66. The Morgan fingerprint density at radius 2 is 2.00 bits per heavy atom. The molecule has 0 aliphatic carbocycles. The van der Waals surface area contributed by atoms with E-state index in [0.29, 0.717) is 25.2 Å². The molecule has 0 aromatic heterocycles. The monoisotopic (exact) mass is 279 g/mol.